The zero-order valence-electron chi connectivity index (χ0n) is 26.2. The third-order valence-electron chi connectivity index (χ3n) is 7.54. The number of ether oxygens (including phenoxy) is 7. The molecule has 4 rings (SSSR count). The predicted octanol–water partition coefficient (Wildman–Crippen LogP) is -13.2. The minimum Gasteiger partial charge on any atom is -0.726 e. The third-order valence-corrected chi connectivity index (χ3v) is 8.00. The Kier molecular flexibility index (Phi) is 17.5. The zero-order valence-corrected chi connectivity index (χ0v) is 31.0. The fourth-order valence-electron chi connectivity index (χ4n) is 5.13. The topological polar surface area (TPSA) is 333 Å². The molecule has 3 saturated heterocycles. The van der Waals surface area contributed by atoms with Crippen molar-refractivity contribution in [2.75, 3.05) is 20.3 Å². The molecule has 3 aliphatic heterocycles. The van der Waals surface area contributed by atoms with Crippen LogP contribution in [0, 0.1) is 0 Å². The van der Waals surface area contributed by atoms with Gasteiger partial charge in [-0.25, -0.2) is 8.42 Å². The molecular formula is C25H34Na2O21S. The van der Waals surface area contributed by atoms with Gasteiger partial charge < -0.3 is 88.5 Å². The molecule has 15 atom stereocenters. The van der Waals surface area contributed by atoms with E-state index in [1.165, 1.54) is 31.4 Å². The molecule has 1 aromatic carbocycles. The number of aliphatic hydroxyl groups is 8. The van der Waals surface area contributed by atoms with Crippen LogP contribution >= 0.6 is 0 Å². The van der Waals surface area contributed by atoms with Crippen molar-refractivity contribution in [3.63, 3.8) is 0 Å². The van der Waals surface area contributed by atoms with Crippen LogP contribution in [0.1, 0.15) is 0 Å². The Hall–Kier alpha value is -0.360. The van der Waals surface area contributed by atoms with Gasteiger partial charge in [0.25, 0.3) is 0 Å². The van der Waals surface area contributed by atoms with Crippen molar-refractivity contribution in [1.29, 1.82) is 0 Å². The summed E-state index contributed by atoms with van der Waals surface area (Å²) < 4.78 is 76.5. The first-order chi connectivity index (χ1) is 22.1. The fraction of sp³-hybridized carbons (Fsp3) is 0.720. The Morgan fingerprint density at radius 2 is 1.22 bits per heavy atom. The molecule has 0 aliphatic carbocycles. The number of carbonyl (C=O) groups is 1. The molecule has 3 aliphatic rings. The molecule has 0 bridgehead atoms. The molecule has 3 fully saturated rings. The Bertz CT molecular complexity index is 1290. The van der Waals surface area contributed by atoms with E-state index < -0.39 is 122 Å². The summed E-state index contributed by atoms with van der Waals surface area (Å²) in [5.74, 6) is -1.47. The molecule has 21 nitrogen and oxygen atoms in total. The molecule has 1 aromatic rings. The van der Waals surface area contributed by atoms with Crippen LogP contribution < -0.4 is 73.7 Å². The van der Waals surface area contributed by atoms with Crippen LogP contribution in [0.15, 0.2) is 24.3 Å². The zero-order chi connectivity index (χ0) is 34.8. The number of hydrogen-bond acceptors (Lipinski definition) is 21. The summed E-state index contributed by atoms with van der Waals surface area (Å²) >= 11 is 0. The van der Waals surface area contributed by atoms with Crippen molar-refractivity contribution in [1.82, 2.24) is 0 Å². The predicted molar refractivity (Wildman–Crippen MR) is 139 cm³/mol. The second-order valence-electron chi connectivity index (χ2n) is 10.6. The molecule has 268 valence electrons. The van der Waals surface area contributed by atoms with Crippen LogP contribution in [0.4, 0.5) is 0 Å². The van der Waals surface area contributed by atoms with E-state index in [4.69, 9.17) is 33.2 Å². The number of methoxy groups -OCH3 is 1. The summed E-state index contributed by atoms with van der Waals surface area (Å²) in [6.45, 7) is -2.00. The fourth-order valence-corrected chi connectivity index (χ4v) is 5.63. The number of carboxylic acids is 1. The van der Waals surface area contributed by atoms with Gasteiger partial charge >= 0.3 is 59.1 Å². The molecule has 0 amide bonds. The second kappa shape index (κ2) is 19.1. The van der Waals surface area contributed by atoms with Crippen LogP contribution in [-0.4, -0.2) is 172 Å². The Balaban J connectivity index is 0.00000417. The van der Waals surface area contributed by atoms with Crippen LogP contribution in [-0.2, 0) is 43.1 Å². The standard InChI is InChI=1S/C25H36O21S.2Na/c1-39-8-2-4-9(5-3-8)40-24-16(32)19(12(28)10(6-26)41-24)43-25-17(33)20(18(11(7-27)42-25)46-47(36,37)38)44-23-15(31)13(29)14(30)21(45-23)22(34)35;;/h2-5,10-21,23-33H,6-7H2,1H3,(H,34,35)(H,36,37,38);;/q;2*+1/p-2/t10-,11-,12+,13+,14+,15-,16-,17-,18+,19+,20-,21+,23-,24-,25+;;/m1../s1. The summed E-state index contributed by atoms with van der Waals surface area (Å²) in [6, 6.07) is 5.91. The molecule has 3 heterocycles. The SMILES string of the molecule is COc1ccc(O[C@@H]2O[C@H](CO)[C@H](O)[C@H](O[C@@H]3O[C@H](CO)[C@H](OS(=O)(=O)[O-])[C@H](O[C@@H]4O[C@H](C(=O)[O-])[C@@H](O)[C@H](O)[C@H]4O)[C@H]3O)[C@H]2O)cc1.[Na+].[Na+]. The Labute approximate surface area is 322 Å². The summed E-state index contributed by atoms with van der Waals surface area (Å²) in [5, 5.41) is 94.7. The second-order valence-corrected chi connectivity index (χ2v) is 11.6. The van der Waals surface area contributed by atoms with Crippen LogP contribution in [0.25, 0.3) is 0 Å². The van der Waals surface area contributed by atoms with E-state index >= 15 is 0 Å². The van der Waals surface area contributed by atoms with E-state index in [9.17, 15) is 63.7 Å². The van der Waals surface area contributed by atoms with Gasteiger partial charge in [-0.3, -0.25) is 4.18 Å². The van der Waals surface area contributed by atoms with Crippen molar-refractivity contribution >= 4 is 16.4 Å². The summed E-state index contributed by atoms with van der Waals surface area (Å²) in [7, 11) is -4.23. The molecule has 0 saturated carbocycles. The molecule has 0 spiro atoms. The average molecular weight is 749 g/mol. The molecule has 49 heavy (non-hydrogen) atoms. The van der Waals surface area contributed by atoms with Crippen molar-refractivity contribution < 1.29 is 160 Å². The van der Waals surface area contributed by atoms with E-state index in [2.05, 4.69) is 4.18 Å². The maximum Gasteiger partial charge on any atom is 1.00 e. The molecule has 0 radical (unpaired) electrons. The average Bonchev–Trinajstić information content (AvgIpc) is 3.02. The maximum absolute atomic E-state index is 11.5. The van der Waals surface area contributed by atoms with Crippen LogP contribution in [0.3, 0.4) is 0 Å². The van der Waals surface area contributed by atoms with Gasteiger partial charge in [-0.1, -0.05) is 0 Å². The van der Waals surface area contributed by atoms with Gasteiger partial charge in [-0.2, -0.15) is 0 Å². The number of carboxylic acid groups (broad SMARTS) is 1. The minimum absolute atomic E-state index is 0. The normalized spacial score (nSPS) is 39.6. The smallest absolute Gasteiger partial charge is 0.726 e. The minimum atomic E-state index is -5.65. The van der Waals surface area contributed by atoms with E-state index in [-0.39, 0.29) is 64.9 Å². The first-order valence-electron chi connectivity index (χ1n) is 13.8. The van der Waals surface area contributed by atoms with Crippen molar-refractivity contribution in [2.45, 2.75) is 92.1 Å². The Morgan fingerprint density at radius 1 is 0.714 bits per heavy atom. The van der Waals surface area contributed by atoms with E-state index in [1.807, 2.05) is 0 Å². The number of aliphatic hydroxyl groups excluding tert-OH is 8. The quantitative estimate of drug-likeness (QED) is 0.0559. The molecular weight excluding hydrogens is 714 g/mol. The first kappa shape index (κ1) is 44.8. The Morgan fingerprint density at radius 3 is 1.76 bits per heavy atom. The molecule has 24 heteroatoms. The van der Waals surface area contributed by atoms with Gasteiger partial charge in [0.15, 0.2) is 12.6 Å². The van der Waals surface area contributed by atoms with E-state index in [0.29, 0.717) is 5.75 Å². The van der Waals surface area contributed by atoms with Gasteiger partial charge in [0.2, 0.25) is 16.7 Å². The third kappa shape index (κ3) is 10.6. The van der Waals surface area contributed by atoms with Crippen LogP contribution in [0.2, 0.25) is 0 Å². The largest absolute Gasteiger partial charge is 1.00 e. The van der Waals surface area contributed by atoms with Gasteiger partial charge in [0, 0.05) is 0 Å². The number of benzene rings is 1. The summed E-state index contributed by atoms with van der Waals surface area (Å²) in [6.07, 6.45) is -30.9. The first-order valence-corrected chi connectivity index (χ1v) is 15.2. The van der Waals surface area contributed by atoms with Crippen molar-refractivity contribution in [3.05, 3.63) is 24.3 Å². The molecule has 8 N–H and O–H groups in total. The van der Waals surface area contributed by atoms with Gasteiger partial charge in [-0.05, 0) is 24.3 Å². The van der Waals surface area contributed by atoms with Crippen LogP contribution in [0.5, 0.6) is 11.5 Å². The number of aliphatic carboxylic acids is 1. The van der Waals surface area contributed by atoms with E-state index in [0.717, 1.165) is 0 Å². The van der Waals surface area contributed by atoms with Gasteiger partial charge in [0.05, 0.1) is 26.3 Å². The molecule has 0 aromatic heterocycles. The van der Waals surface area contributed by atoms with Crippen molar-refractivity contribution in [2.24, 2.45) is 0 Å². The maximum atomic E-state index is 11.5. The number of rotatable bonds is 12. The summed E-state index contributed by atoms with van der Waals surface area (Å²) in [4.78, 5) is 11.4. The van der Waals surface area contributed by atoms with Gasteiger partial charge in [-0.15, -0.1) is 0 Å². The van der Waals surface area contributed by atoms with Crippen molar-refractivity contribution in [3.8, 4) is 11.5 Å². The summed E-state index contributed by atoms with van der Waals surface area (Å²) in [5.41, 5.74) is 0. The number of carbonyl (C=O) groups excluding carboxylic acids is 1. The van der Waals surface area contributed by atoms with E-state index in [1.54, 1.807) is 0 Å². The monoisotopic (exact) mass is 748 g/mol. The van der Waals surface area contributed by atoms with Gasteiger partial charge in [0.1, 0.15) is 84.7 Å². The number of hydrogen-bond donors (Lipinski definition) is 8. The molecule has 0 unspecified atom stereocenters.